The first-order valence-corrected chi connectivity index (χ1v) is 11.1. The molecule has 3 heterocycles. The van der Waals surface area contributed by atoms with E-state index in [-0.39, 0.29) is 43.2 Å². The lowest BCUT2D eigenvalue weighted by molar-refractivity contribution is 0.0959. The molecule has 1 aliphatic heterocycles. The van der Waals surface area contributed by atoms with Crippen molar-refractivity contribution in [3.8, 4) is 0 Å². The van der Waals surface area contributed by atoms with Gasteiger partial charge in [-0.15, -0.1) is 11.3 Å². The van der Waals surface area contributed by atoms with Gasteiger partial charge in [-0.1, -0.05) is 0 Å². The predicted molar refractivity (Wildman–Crippen MR) is 121 cm³/mol. The van der Waals surface area contributed by atoms with E-state index in [1.165, 1.54) is 16.2 Å². The molecular weight excluding hydrogens is 439 g/mol. The number of thiophene rings is 1. The number of fused-ring (bicyclic) bond motifs is 1. The highest BCUT2D eigenvalue weighted by molar-refractivity contribution is 7.21. The summed E-state index contributed by atoms with van der Waals surface area (Å²) in [4.78, 5) is 19.4. The van der Waals surface area contributed by atoms with Crippen molar-refractivity contribution < 1.29 is 18.0 Å². The van der Waals surface area contributed by atoms with Gasteiger partial charge in [0.05, 0.1) is 24.0 Å². The number of alkyl halides is 1. The van der Waals surface area contributed by atoms with Gasteiger partial charge in [-0.25, -0.2) is 18.2 Å². The number of benzene rings is 1. The molecule has 1 aromatic carbocycles. The van der Waals surface area contributed by atoms with Crippen molar-refractivity contribution in [1.82, 2.24) is 15.6 Å². The van der Waals surface area contributed by atoms with Crippen molar-refractivity contribution >= 4 is 38.8 Å². The standard InChI is InChI=1S/C22H24F3N5OS/c1-11-3-4-13-19(26)20(32-22(13)29-11)21(31)28-6-5-12-7-15(24)18(8-14(12)23)30-9-16(25)17(10-30)27-2/h3-4,7-8,16-17,27H,5-6,9-10,26H2,1-2H3,(H,28,31)/t16-,17+/m1/s1. The van der Waals surface area contributed by atoms with Crippen LogP contribution in [0.15, 0.2) is 24.3 Å². The number of aryl methyl sites for hydroxylation is 1. The zero-order valence-corrected chi connectivity index (χ0v) is 18.5. The summed E-state index contributed by atoms with van der Waals surface area (Å²) in [6.07, 6.45) is -1.06. The Labute approximate surface area is 187 Å². The second-order valence-electron chi connectivity index (χ2n) is 7.87. The van der Waals surface area contributed by atoms with Gasteiger partial charge in [0, 0.05) is 30.2 Å². The molecule has 0 saturated carbocycles. The Hall–Kier alpha value is -2.85. The highest BCUT2D eigenvalue weighted by atomic mass is 32.1. The molecule has 0 aliphatic carbocycles. The van der Waals surface area contributed by atoms with Crippen molar-refractivity contribution in [2.45, 2.75) is 25.6 Å². The van der Waals surface area contributed by atoms with Gasteiger partial charge >= 0.3 is 0 Å². The Morgan fingerprint density at radius 3 is 2.78 bits per heavy atom. The summed E-state index contributed by atoms with van der Waals surface area (Å²) in [6.45, 7) is 2.22. The molecule has 1 fully saturated rings. The van der Waals surface area contributed by atoms with E-state index in [2.05, 4.69) is 15.6 Å². The summed E-state index contributed by atoms with van der Waals surface area (Å²) >= 11 is 1.19. The Morgan fingerprint density at radius 1 is 1.28 bits per heavy atom. The summed E-state index contributed by atoms with van der Waals surface area (Å²) in [5.74, 6) is -1.60. The summed E-state index contributed by atoms with van der Waals surface area (Å²) < 4.78 is 43.2. The summed E-state index contributed by atoms with van der Waals surface area (Å²) in [5, 5.41) is 6.26. The van der Waals surface area contributed by atoms with Crippen LogP contribution in [0.2, 0.25) is 0 Å². The molecule has 0 unspecified atom stereocenters. The number of rotatable bonds is 6. The molecule has 4 rings (SSSR count). The molecule has 170 valence electrons. The average molecular weight is 464 g/mol. The number of hydrogen-bond donors (Lipinski definition) is 3. The molecule has 2 aromatic heterocycles. The summed E-state index contributed by atoms with van der Waals surface area (Å²) in [7, 11) is 1.64. The van der Waals surface area contributed by atoms with Gasteiger partial charge in [0.15, 0.2) is 0 Å². The van der Waals surface area contributed by atoms with Gasteiger partial charge in [0.1, 0.15) is 27.5 Å². The van der Waals surface area contributed by atoms with Crippen LogP contribution in [0.3, 0.4) is 0 Å². The zero-order valence-electron chi connectivity index (χ0n) is 17.7. The zero-order chi connectivity index (χ0) is 23.0. The van der Waals surface area contributed by atoms with Crippen LogP contribution in [0.25, 0.3) is 10.2 Å². The van der Waals surface area contributed by atoms with Gasteiger partial charge in [0.25, 0.3) is 5.91 Å². The molecule has 0 bridgehead atoms. The van der Waals surface area contributed by atoms with E-state index < -0.39 is 23.8 Å². The number of carbonyl (C=O) groups is 1. The Bertz CT molecular complexity index is 1170. The molecule has 0 spiro atoms. The van der Waals surface area contributed by atoms with Crippen LogP contribution in [0.1, 0.15) is 20.9 Å². The molecule has 32 heavy (non-hydrogen) atoms. The van der Waals surface area contributed by atoms with E-state index in [0.29, 0.717) is 20.8 Å². The minimum atomic E-state index is -1.15. The molecular formula is C22H24F3N5OS. The normalized spacial score (nSPS) is 18.5. The number of likely N-dealkylation sites (N-methyl/N-ethyl adjacent to an activating group) is 1. The van der Waals surface area contributed by atoms with Crippen molar-refractivity contribution in [1.29, 1.82) is 0 Å². The number of aromatic nitrogens is 1. The first-order valence-electron chi connectivity index (χ1n) is 10.3. The van der Waals surface area contributed by atoms with Gasteiger partial charge in [-0.2, -0.15) is 0 Å². The van der Waals surface area contributed by atoms with Gasteiger partial charge in [-0.05, 0) is 44.2 Å². The third-order valence-corrected chi connectivity index (χ3v) is 6.81. The van der Waals surface area contributed by atoms with E-state index >= 15 is 0 Å². The predicted octanol–water partition coefficient (Wildman–Crippen LogP) is 3.18. The summed E-state index contributed by atoms with van der Waals surface area (Å²) in [5.41, 5.74) is 7.44. The Morgan fingerprint density at radius 2 is 2.06 bits per heavy atom. The van der Waals surface area contributed by atoms with E-state index in [9.17, 15) is 18.0 Å². The number of amides is 1. The largest absolute Gasteiger partial charge is 0.397 e. The van der Waals surface area contributed by atoms with Crippen LogP contribution in [0.5, 0.6) is 0 Å². The Balaban J connectivity index is 1.42. The van der Waals surface area contributed by atoms with Crippen LogP contribution in [0.4, 0.5) is 24.5 Å². The quantitative estimate of drug-likeness (QED) is 0.523. The molecule has 1 amide bonds. The topological polar surface area (TPSA) is 83.3 Å². The van der Waals surface area contributed by atoms with Crippen LogP contribution in [-0.2, 0) is 6.42 Å². The first-order chi connectivity index (χ1) is 15.3. The fraction of sp³-hybridized carbons (Fsp3) is 0.364. The number of nitrogens with two attached hydrogens (primary N) is 1. The van der Waals surface area contributed by atoms with Crippen molar-refractivity contribution in [2.75, 3.05) is 37.3 Å². The Kier molecular flexibility index (Phi) is 6.25. The van der Waals surface area contributed by atoms with E-state index in [0.717, 1.165) is 17.8 Å². The monoisotopic (exact) mass is 463 g/mol. The number of anilines is 2. The second-order valence-corrected chi connectivity index (χ2v) is 8.87. The number of halogens is 3. The van der Waals surface area contributed by atoms with Crippen molar-refractivity contribution in [3.63, 3.8) is 0 Å². The fourth-order valence-electron chi connectivity index (χ4n) is 3.89. The number of nitrogens with one attached hydrogen (secondary N) is 2. The highest BCUT2D eigenvalue weighted by Crippen LogP contribution is 2.32. The summed E-state index contributed by atoms with van der Waals surface area (Å²) in [6, 6.07) is 5.42. The van der Waals surface area contributed by atoms with Crippen LogP contribution in [0, 0.1) is 18.6 Å². The number of nitrogen functional groups attached to an aromatic ring is 1. The maximum atomic E-state index is 14.6. The highest BCUT2D eigenvalue weighted by Gasteiger charge is 2.33. The average Bonchev–Trinajstić information content (AvgIpc) is 3.29. The smallest absolute Gasteiger partial charge is 0.263 e. The maximum Gasteiger partial charge on any atom is 0.263 e. The number of hydrogen-bond acceptors (Lipinski definition) is 6. The number of pyridine rings is 1. The third kappa shape index (κ3) is 4.24. The van der Waals surface area contributed by atoms with Gasteiger partial charge < -0.3 is 21.3 Å². The third-order valence-electron chi connectivity index (χ3n) is 5.69. The van der Waals surface area contributed by atoms with Crippen molar-refractivity contribution in [3.05, 3.63) is 52.0 Å². The molecule has 6 nitrogen and oxygen atoms in total. The molecule has 0 radical (unpaired) electrons. The first kappa shape index (κ1) is 22.3. The molecule has 4 N–H and O–H groups in total. The van der Waals surface area contributed by atoms with Crippen LogP contribution >= 0.6 is 11.3 Å². The van der Waals surface area contributed by atoms with Gasteiger partial charge in [0.2, 0.25) is 0 Å². The van der Waals surface area contributed by atoms with Gasteiger partial charge in [-0.3, -0.25) is 4.79 Å². The van der Waals surface area contributed by atoms with E-state index in [1.807, 2.05) is 19.1 Å². The minimum Gasteiger partial charge on any atom is -0.397 e. The molecule has 1 saturated heterocycles. The lowest BCUT2D eigenvalue weighted by Gasteiger charge is -2.20. The molecule has 2 atom stereocenters. The van der Waals surface area contributed by atoms with E-state index in [1.54, 1.807) is 7.05 Å². The fourth-order valence-corrected chi connectivity index (χ4v) is 4.95. The minimum absolute atomic E-state index is 0.00222. The maximum absolute atomic E-state index is 14.6. The molecule has 3 aromatic rings. The second kappa shape index (κ2) is 8.95. The van der Waals surface area contributed by atoms with Crippen LogP contribution in [-0.4, -0.2) is 49.8 Å². The molecule has 10 heteroatoms. The lowest BCUT2D eigenvalue weighted by atomic mass is 10.1. The van der Waals surface area contributed by atoms with E-state index in [4.69, 9.17) is 5.73 Å². The number of nitrogens with zero attached hydrogens (tertiary/aromatic N) is 2. The SMILES string of the molecule is CN[C@H]1CN(c2cc(F)c(CCNC(=O)c3sc4nc(C)ccc4c3N)cc2F)C[C@H]1F. The lowest BCUT2D eigenvalue weighted by Crippen LogP contribution is -2.34. The number of carbonyl (C=O) groups excluding carboxylic acids is 1. The van der Waals surface area contributed by atoms with Crippen LogP contribution < -0.4 is 21.3 Å². The molecule has 1 aliphatic rings. The van der Waals surface area contributed by atoms with Crippen molar-refractivity contribution in [2.24, 2.45) is 0 Å².